The Kier molecular flexibility index (Phi) is 4.52. The predicted octanol–water partition coefficient (Wildman–Crippen LogP) is 1.97. The molecule has 3 aliphatic heterocycles. The fourth-order valence-corrected chi connectivity index (χ4v) is 4.06. The number of rotatable bonds is 3. The number of likely N-dealkylation sites (tertiary alicyclic amines) is 1. The Morgan fingerprint density at radius 2 is 2.08 bits per heavy atom. The van der Waals surface area contributed by atoms with E-state index < -0.39 is 0 Å². The Balaban J connectivity index is 1.48. The van der Waals surface area contributed by atoms with Gasteiger partial charge in [-0.2, -0.15) is 0 Å². The lowest BCUT2D eigenvalue weighted by Crippen LogP contribution is -2.52. The molecule has 0 aromatic heterocycles. The standard InChI is InChI=1S/C18H23FN2O3/c19-15-4-2-13(3-5-15)11-20-12-14(10-17-16(20)6-9-23-17)18(22)21-7-1-8-24-21/h2-5,14,16-17H,1,6-12H2/t14-,16+,17+/m1/s1. The monoisotopic (exact) mass is 334 g/mol. The molecule has 1 amide bonds. The maximum absolute atomic E-state index is 13.1. The lowest BCUT2D eigenvalue weighted by molar-refractivity contribution is -0.177. The van der Waals surface area contributed by atoms with Gasteiger partial charge >= 0.3 is 0 Å². The van der Waals surface area contributed by atoms with Crippen molar-refractivity contribution in [3.63, 3.8) is 0 Å². The van der Waals surface area contributed by atoms with Crippen molar-refractivity contribution in [2.75, 3.05) is 26.3 Å². The lowest BCUT2D eigenvalue weighted by Gasteiger charge is -2.41. The summed E-state index contributed by atoms with van der Waals surface area (Å²) in [6, 6.07) is 6.95. The molecule has 3 saturated heterocycles. The summed E-state index contributed by atoms with van der Waals surface area (Å²) in [6.07, 6.45) is 2.77. The largest absolute Gasteiger partial charge is 0.377 e. The van der Waals surface area contributed by atoms with Crippen LogP contribution in [0.3, 0.4) is 0 Å². The summed E-state index contributed by atoms with van der Waals surface area (Å²) in [7, 11) is 0. The number of halogens is 1. The van der Waals surface area contributed by atoms with E-state index in [2.05, 4.69) is 4.90 Å². The maximum Gasteiger partial charge on any atom is 0.250 e. The Hall–Kier alpha value is -1.50. The molecule has 5 nitrogen and oxygen atoms in total. The molecular formula is C18H23FN2O3. The second kappa shape index (κ2) is 6.78. The quantitative estimate of drug-likeness (QED) is 0.848. The lowest BCUT2D eigenvalue weighted by atomic mass is 9.89. The van der Waals surface area contributed by atoms with Crippen LogP contribution < -0.4 is 0 Å². The predicted molar refractivity (Wildman–Crippen MR) is 85.3 cm³/mol. The summed E-state index contributed by atoms with van der Waals surface area (Å²) in [4.78, 5) is 20.5. The number of piperidine rings is 1. The van der Waals surface area contributed by atoms with Crippen LogP contribution in [0.2, 0.25) is 0 Å². The van der Waals surface area contributed by atoms with Crippen LogP contribution in [0, 0.1) is 11.7 Å². The zero-order chi connectivity index (χ0) is 16.5. The van der Waals surface area contributed by atoms with E-state index >= 15 is 0 Å². The molecule has 3 heterocycles. The van der Waals surface area contributed by atoms with Gasteiger partial charge in [0, 0.05) is 25.7 Å². The number of benzene rings is 1. The topological polar surface area (TPSA) is 42.0 Å². The van der Waals surface area contributed by atoms with E-state index in [1.54, 1.807) is 0 Å². The van der Waals surface area contributed by atoms with Gasteiger partial charge in [0.1, 0.15) is 5.82 Å². The number of fused-ring (bicyclic) bond motifs is 1. The highest BCUT2D eigenvalue weighted by Crippen LogP contribution is 2.33. The van der Waals surface area contributed by atoms with Gasteiger partial charge in [-0.3, -0.25) is 14.5 Å². The Morgan fingerprint density at radius 3 is 2.83 bits per heavy atom. The van der Waals surface area contributed by atoms with E-state index in [9.17, 15) is 9.18 Å². The first kappa shape index (κ1) is 16.0. The van der Waals surface area contributed by atoms with Crippen LogP contribution in [-0.4, -0.2) is 54.3 Å². The minimum Gasteiger partial charge on any atom is -0.377 e. The molecule has 3 fully saturated rings. The van der Waals surface area contributed by atoms with Gasteiger partial charge in [-0.1, -0.05) is 12.1 Å². The molecule has 3 aliphatic rings. The van der Waals surface area contributed by atoms with E-state index in [-0.39, 0.29) is 23.7 Å². The molecular weight excluding hydrogens is 311 g/mol. The number of carbonyl (C=O) groups is 1. The number of hydrogen-bond donors (Lipinski definition) is 0. The number of amides is 1. The van der Waals surface area contributed by atoms with Crippen molar-refractivity contribution >= 4 is 5.91 Å². The van der Waals surface area contributed by atoms with Crippen molar-refractivity contribution in [2.24, 2.45) is 5.92 Å². The van der Waals surface area contributed by atoms with Crippen LogP contribution >= 0.6 is 0 Å². The number of hydroxylamine groups is 2. The highest BCUT2D eigenvalue weighted by Gasteiger charge is 2.43. The molecule has 24 heavy (non-hydrogen) atoms. The third-order valence-electron chi connectivity index (χ3n) is 5.26. The van der Waals surface area contributed by atoms with Gasteiger partial charge in [-0.05, 0) is 37.0 Å². The number of nitrogens with zero attached hydrogens (tertiary/aromatic N) is 2. The summed E-state index contributed by atoms with van der Waals surface area (Å²) in [5.41, 5.74) is 1.06. The summed E-state index contributed by atoms with van der Waals surface area (Å²) >= 11 is 0. The number of hydrogen-bond acceptors (Lipinski definition) is 4. The minimum atomic E-state index is -0.223. The zero-order valence-corrected chi connectivity index (χ0v) is 13.7. The van der Waals surface area contributed by atoms with Gasteiger partial charge in [0.25, 0.3) is 5.91 Å². The van der Waals surface area contributed by atoms with Gasteiger partial charge < -0.3 is 4.74 Å². The van der Waals surface area contributed by atoms with Crippen LogP contribution in [0.5, 0.6) is 0 Å². The van der Waals surface area contributed by atoms with Gasteiger partial charge in [0.15, 0.2) is 0 Å². The van der Waals surface area contributed by atoms with Crippen molar-refractivity contribution in [2.45, 2.75) is 38.0 Å². The van der Waals surface area contributed by atoms with Gasteiger partial charge in [-0.25, -0.2) is 9.45 Å². The van der Waals surface area contributed by atoms with Gasteiger partial charge in [0.2, 0.25) is 0 Å². The number of carbonyl (C=O) groups excluding carboxylic acids is 1. The minimum absolute atomic E-state index is 0.0746. The van der Waals surface area contributed by atoms with E-state index in [0.717, 1.165) is 38.0 Å². The highest BCUT2D eigenvalue weighted by molar-refractivity contribution is 5.78. The normalized spacial score (nSPS) is 30.5. The Morgan fingerprint density at radius 1 is 1.25 bits per heavy atom. The fourth-order valence-electron chi connectivity index (χ4n) is 4.06. The molecule has 3 atom stereocenters. The van der Waals surface area contributed by atoms with E-state index in [4.69, 9.17) is 9.57 Å². The van der Waals surface area contributed by atoms with Crippen molar-refractivity contribution in [1.82, 2.24) is 9.96 Å². The van der Waals surface area contributed by atoms with E-state index in [1.807, 2.05) is 12.1 Å². The van der Waals surface area contributed by atoms with Crippen molar-refractivity contribution in [1.29, 1.82) is 0 Å². The first-order chi connectivity index (χ1) is 11.7. The summed E-state index contributed by atoms with van der Waals surface area (Å²) in [5.74, 6) is -0.243. The molecule has 0 bridgehead atoms. The Labute approximate surface area is 141 Å². The number of ether oxygens (including phenoxy) is 1. The third kappa shape index (κ3) is 3.18. The SMILES string of the molecule is O=C([C@@H]1C[C@@H]2OCC[C@@H]2N(Cc2ccc(F)cc2)C1)N1CCCO1. The maximum atomic E-state index is 13.1. The second-order valence-corrected chi connectivity index (χ2v) is 6.88. The summed E-state index contributed by atoms with van der Waals surface area (Å²) < 4.78 is 19.0. The van der Waals surface area contributed by atoms with E-state index in [1.165, 1.54) is 17.2 Å². The average molecular weight is 334 g/mol. The third-order valence-corrected chi connectivity index (χ3v) is 5.26. The second-order valence-electron chi connectivity index (χ2n) is 6.88. The van der Waals surface area contributed by atoms with Gasteiger partial charge in [0.05, 0.1) is 25.2 Å². The van der Waals surface area contributed by atoms with Crippen LogP contribution in [0.1, 0.15) is 24.8 Å². The van der Waals surface area contributed by atoms with Crippen LogP contribution in [0.15, 0.2) is 24.3 Å². The molecule has 0 saturated carbocycles. The molecule has 0 N–H and O–H groups in total. The van der Waals surface area contributed by atoms with Crippen molar-refractivity contribution in [3.8, 4) is 0 Å². The molecule has 6 heteroatoms. The van der Waals surface area contributed by atoms with Crippen LogP contribution in [0.25, 0.3) is 0 Å². The molecule has 0 aliphatic carbocycles. The Bertz CT molecular complexity index is 588. The molecule has 0 unspecified atom stereocenters. The highest BCUT2D eigenvalue weighted by atomic mass is 19.1. The van der Waals surface area contributed by atoms with Gasteiger partial charge in [-0.15, -0.1) is 0 Å². The molecule has 1 aromatic rings. The van der Waals surface area contributed by atoms with E-state index in [0.29, 0.717) is 25.7 Å². The average Bonchev–Trinajstić information content (AvgIpc) is 3.27. The first-order valence-electron chi connectivity index (χ1n) is 8.75. The first-order valence-corrected chi connectivity index (χ1v) is 8.75. The summed E-state index contributed by atoms with van der Waals surface area (Å²) in [6.45, 7) is 3.48. The zero-order valence-electron chi connectivity index (χ0n) is 13.7. The fraction of sp³-hybridized carbons (Fsp3) is 0.611. The smallest absolute Gasteiger partial charge is 0.250 e. The molecule has 0 spiro atoms. The molecule has 1 aromatic carbocycles. The molecule has 0 radical (unpaired) electrons. The van der Waals surface area contributed by atoms with Crippen LogP contribution in [-0.2, 0) is 20.9 Å². The van der Waals surface area contributed by atoms with Crippen molar-refractivity contribution in [3.05, 3.63) is 35.6 Å². The molecule has 4 rings (SSSR count). The molecule has 130 valence electrons. The summed E-state index contributed by atoms with van der Waals surface area (Å²) in [5, 5.41) is 1.52. The van der Waals surface area contributed by atoms with Crippen LogP contribution in [0.4, 0.5) is 4.39 Å². The van der Waals surface area contributed by atoms with Crippen molar-refractivity contribution < 1.29 is 18.8 Å².